The third kappa shape index (κ3) is 3.97. The summed E-state index contributed by atoms with van der Waals surface area (Å²) in [6.07, 6.45) is 0.413. The zero-order chi connectivity index (χ0) is 18.5. The van der Waals surface area contributed by atoms with Gasteiger partial charge in [-0.05, 0) is 17.7 Å². The molecule has 0 spiro atoms. The molecular weight excluding hydrogens is 334 g/mol. The summed E-state index contributed by atoms with van der Waals surface area (Å²) in [7, 11) is 0. The monoisotopic (exact) mass is 351 g/mol. The van der Waals surface area contributed by atoms with E-state index < -0.39 is 4.92 Å². The number of carbonyl (C=O) groups is 1. The lowest BCUT2D eigenvalue weighted by molar-refractivity contribution is -0.385. The van der Waals surface area contributed by atoms with Crippen LogP contribution in [-0.4, -0.2) is 16.5 Å². The minimum absolute atomic E-state index is 0.0353. The van der Waals surface area contributed by atoms with Crippen molar-refractivity contribution in [3.05, 3.63) is 69.8 Å². The smallest absolute Gasteiger partial charge is 0.273 e. The van der Waals surface area contributed by atoms with Gasteiger partial charge in [-0.25, -0.2) is 5.43 Å². The van der Waals surface area contributed by atoms with E-state index in [1.165, 1.54) is 6.07 Å². The highest BCUT2D eigenvalue weighted by Crippen LogP contribution is 2.22. The van der Waals surface area contributed by atoms with E-state index in [9.17, 15) is 14.9 Å². The summed E-state index contributed by atoms with van der Waals surface area (Å²) in [6.45, 7) is 2.09. The van der Waals surface area contributed by atoms with E-state index in [2.05, 4.69) is 20.8 Å². The topological polar surface area (TPSA) is 109 Å². The Labute approximate surface area is 149 Å². The van der Waals surface area contributed by atoms with Crippen LogP contribution in [0.4, 0.5) is 11.4 Å². The third-order valence-electron chi connectivity index (χ3n) is 4.04. The molecule has 8 heteroatoms. The number of hydrogen-bond donors (Lipinski definition) is 1. The maximum Gasteiger partial charge on any atom is 0.274 e. The summed E-state index contributed by atoms with van der Waals surface area (Å²) >= 11 is 0. The van der Waals surface area contributed by atoms with E-state index in [4.69, 9.17) is 0 Å². The summed E-state index contributed by atoms with van der Waals surface area (Å²) in [5.74, 6) is -0.0310. The van der Waals surface area contributed by atoms with Crippen molar-refractivity contribution in [1.82, 2.24) is 5.43 Å². The lowest BCUT2D eigenvalue weighted by Crippen LogP contribution is -2.31. The van der Waals surface area contributed by atoms with Crippen LogP contribution in [0.25, 0.3) is 0 Å². The van der Waals surface area contributed by atoms with Gasteiger partial charge in [0.2, 0.25) is 5.91 Å². The molecule has 0 fully saturated rings. The summed E-state index contributed by atoms with van der Waals surface area (Å²) < 4.78 is 0. The molecule has 0 radical (unpaired) electrons. The maximum atomic E-state index is 11.3. The molecule has 1 amide bonds. The average Bonchev–Trinajstić information content (AvgIpc) is 2.63. The molecule has 1 aliphatic heterocycles. The number of azo groups is 1. The molecule has 1 aliphatic rings. The number of nitrogens with zero attached hydrogens (tertiary/aromatic N) is 4. The van der Waals surface area contributed by atoms with E-state index in [0.29, 0.717) is 17.7 Å². The average molecular weight is 351 g/mol. The van der Waals surface area contributed by atoms with Gasteiger partial charge >= 0.3 is 0 Å². The first-order valence-electron chi connectivity index (χ1n) is 8.11. The van der Waals surface area contributed by atoms with Crippen molar-refractivity contribution in [3.63, 3.8) is 0 Å². The lowest BCUT2D eigenvalue weighted by atomic mass is 9.94. The zero-order valence-corrected chi connectivity index (χ0v) is 14.1. The van der Waals surface area contributed by atoms with Gasteiger partial charge in [0.25, 0.3) is 5.69 Å². The summed E-state index contributed by atoms with van der Waals surface area (Å²) in [4.78, 5) is 21.9. The van der Waals surface area contributed by atoms with Crippen molar-refractivity contribution in [1.29, 1.82) is 0 Å². The number of nitrogens with one attached hydrogen (secondary N) is 1. The zero-order valence-electron chi connectivity index (χ0n) is 14.1. The van der Waals surface area contributed by atoms with Crippen LogP contribution in [0.1, 0.15) is 24.5 Å². The molecule has 2 aromatic carbocycles. The van der Waals surface area contributed by atoms with Gasteiger partial charge in [-0.2, -0.15) is 15.3 Å². The first-order valence-corrected chi connectivity index (χ1v) is 8.11. The molecule has 0 saturated heterocycles. The molecule has 0 saturated carbocycles. The van der Waals surface area contributed by atoms with Gasteiger partial charge in [-0.1, -0.05) is 37.3 Å². The predicted molar refractivity (Wildman–Crippen MR) is 96.2 cm³/mol. The van der Waals surface area contributed by atoms with Crippen LogP contribution < -0.4 is 5.43 Å². The van der Waals surface area contributed by atoms with Crippen molar-refractivity contribution in [2.45, 2.75) is 19.9 Å². The molecule has 1 heterocycles. The molecule has 0 aromatic heterocycles. The Morgan fingerprint density at radius 2 is 1.96 bits per heavy atom. The van der Waals surface area contributed by atoms with Crippen molar-refractivity contribution < 1.29 is 9.72 Å². The fourth-order valence-electron chi connectivity index (χ4n) is 2.72. The van der Waals surface area contributed by atoms with Gasteiger partial charge < -0.3 is 0 Å². The minimum atomic E-state index is -0.426. The van der Waals surface area contributed by atoms with Crippen LogP contribution in [0, 0.1) is 16.0 Å². The number of hydrazone groups is 1. The molecule has 3 rings (SSSR count). The standard InChI is InChI=1S/C18H17N5O3/c1-12-10-17(24)21-22-18(12)13-6-8-15(9-7-13)20-19-11-14-4-2-3-5-16(14)23(25)26/h2-9,12H,10-11H2,1H3,(H,21,24). The molecular formula is C18H17N5O3. The van der Waals surface area contributed by atoms with E-state index in [0.717, 1.165) is 11.3 Å². The fraction of sp³-hybridized carbons (Fsp3) is 0.222. The van der Waals surface area contributed by atoms with Crippen LogP contribution in [0.5, 0.6) is 0 Å². The molecule has 26 heavy (non-hydrogen) atoms. The van der Waals surface area contributed by atoms with E-state index >= 15 is 0 Å². The maximum absolute atomic E-state index is 11.3. The number of rotatable bonds is 5. The molecule has 1 unspecified atom stereocenters. The Morgan fingerprint density at radius 3 is 2.65 bits per heavy atom. The number of nitro groups is 1. The Hall–Kier alpha value is -3.42. The molecule has 0 aliphatic carbocycles. The Kier molecular flexibility index (Phi) is 5.12. The van der Waals surface area contributed by atoms with Crippen LogP contribution in [0.3, 0.4) is 0 Å². The van der Waals surface area contributed by atoms with Crippen molar-refractivity contribution >= 4 is 23.0 Å². The second-order valence-electron chi connectivity index (χ2n) is 5.97. The van der Waals surface area contributed by atoms with Crippen LogP contribution >= 0.6 is 0 Å². The number of amides is 1. The van der Waals surface area contributed by atoms with Crippen molar-refractivity contribution in [3.8, 4) is 0 Å². The SMILES string of the molecule is CC1CC(=O)NN=C1c1ccc(N=NCc2ccccc2[N+](=O)[O-])cc1. The third-order valence-corrected chi connectivity index (χ3v) is 4.04. The van der Waals surface area contributed by atoms with E-state index in [1.807, 2.05) is 19.1 Å². The highest BCUT2D eigenvalue weighted by Gasteiger charge is 2.21. The molecule has 2 aromatic rings. The van der Waals surface area contributed by atoms with Gasteiger partial charge in [-0.3, -0.25) is 14.9 Å². The summed E-state index contributed by atoms with van der Waals surface area (Å²) in [5.41, 5.74) is 5.42. The molecule has 8 nitrogen and oxygen atoms in total. The summed E-state index contributed by atoms with van der Waals surface area (Å²) in [6, 6.07) is 13.8. The Morgan fingerprint density at radius 1 is 1.23 bits per heavy atom. The van der Waals surface area contributed by atoms with Gasteiger partial charge in [0.05, 0.1) is 28.4 Å². The van der Waals surface area contributed by atoms with Gasteiger partial charge in [0, 0.05) is 18.4 Å². The van der Waals surface area contributed by atoms with Crippen molar-refractivity contribution in [2.75, 3.05) is 0 Å². The Bertz CT molecular complexity index is 890. The van der Waals surface area contributed by atoms with E-state index in [-0.39, 0.29) is 24.1 Å². The van der Waals surface area contributed by atoms with Gasteiger partial charge in [0.15, 0.2) is 0 Å². The predicted octanol–water partition coefficient (Wildman–Crippen LogP) is 3.74. The Balaban J connectivity index is 1.69. The number of carbonyl (C=O) groups excluding carboxylic acids is 1. The quantitative estimate of drug-likeness (QED) is 0.503. The van der Waals surface area contributed by atoms with Gasteiger partial charge in [-0.15, -0.1) is 0 Å². The lowest BCUT2D eigenvalue weighted by Gasteiger charge is -2.19. The molecule has 1 atom stereocenters. The highest BCUT2D eigenvalue weighted by atomic mass is 16.6. The van der Waals surface area contributed by atoms with Crippen LogP contribution in [-0.2, 0) is 11.3 Å². The molecule has 1 N–H and O–H groups in total. The molecule has 132 valence electrons. The normalized spacial score (nSPS) is 17.0. The minimum Gasteiger partial charge on any atom is -0.273 e. The molecule has 0 bridgehead atoms. The number of benzene rings is 2. The fourth-order valence-corrected chi connectivity index (χ4v) is 2.72. The second kappa shape index (κ2) is 7.64. The van der Waals surface area contributed by atoms with Crippen LogP contribution in [0.2, 0.25) is 0 Å². The number of nitro benzene ring substituents is 1. The van der Waals surface area contributed by atoms with E-state index in [1.54, 1.807) is 30.3 Å². The van der Waals surface area contributed by atoms with Crippen molar-refractivity contribution in [2.24, 2.45) is 21.2 Å². The van der Waals surface area contributed by atoms with Gasteiger partial charge in [0.1, 0.15) is 0 Å². The number of hydrogen-bond acceptors (Lipinski definition) is 6. The summed E-state index contributed by atoms with van der Waals surface area (Å²) in [5, 5.41) is 23.3. The largest absolute Gasteiger partial charge is 0.274 e. The first kappa shape index (κ1) is 17.4. The first-order chi connectivity index (χ1) is 12.5. The second-order valence-corrected chi connectivity index (χ2v) is 5.97. The number of para-hydroxylation sites is 1. The van der Waals surface area contributed by atoms with Crippen LogP contribution in [0.15, 0.2) is 63.9 Å². The highest BCUT2D eigenvalue weighted by molar-refractivity contribution is 6.05.